The number of hydrogen-bond acceptors (Lipinski definition) is 2. The van der Waals surface area contributed by atoms with E-state index in [0.717, 1.165) is 24.8 Å². The van der Waals surface area contributed by atoms with Gasteiger partial charge in [0.25, 0.3) is 0 Å². The van der Waals surface area contributed by atoms with Crippen LogP contribution >= 0.6 is 0 Å². The maximum atomic E-state index is 11.2. The van der Waals surface area contributed by atoms with Crippen molar-refractivity contribution in [2.45, 2.75) is 19.3 Å². The first-order valence-electron chi connectivity index (χ1n) is 4.44. The molecule has 2 aliphatic heterocycles. The van der Waals surface area contributed by atoms with Gasteiger partial charge in [0, 0.05) is 13.0 Å². The van der Waals surface area contributed by atoms with Crippen LogP contribution < -0.4 is 0 Å². The number of carbonyl (C=O) groups is 1. The number of nitrogens with zero attached hydrogens (tertiary/aromatic N) is 1. The van der Waals surface area contributed by atoms with E-state index in [2.05, 4.69) is 11.9 Å². The van der Waals surface area contributed by atoms with Gasteiger partial charge in [-0.05, 0) is 31.7 Å². The third-order valence-corrected chi connectivity index (χ3v) is 2.87. The van der Waals surface area contributed by atoms with Gasteiger partial charge < -0.3 is 0 Å². The highest BCUT2D eigenvalue weighted by atomic mass is 16.1. The molecule has 1 saturated carbocycles. The Hall–Kier alpha value is -0.370. The highest BCUT2D eigenvalue weighted by molar-refractivity contribution is 5.80. The molecule has 3 rings (SSSR count). The third-order valence-electron chi connectivity index (χ3n) is 2.87. The molecule has 2 saturated heterocycles. The summed E-state index contributed by atoms with van der Waals surface area (Å²) in [7, 11) is 2.05. The molecule has 0 unspecified atom stereocenters. The van der Waals surface area contributed by atoms with Crippen LogP contribution in [0.2, 0.25) is 0 Å². The normalized spacial score (nSPS) is 39.2. The van der Waals surface area contributed by atoms with E-state index in [1.54, 1.807) is 0 Å². The Labute approximate surface area is 67.6 Å². The van der Waals surface area contributed by atoms with E-state index in [4.69, 9.17) is 0 Å². The molecule has 0 atom stereocenters. The lowest BCUT2D eigenvalue weighted by Crippen LogP contribution is -2.41. The van der Waals surface area contributed by atoms with Crippen LogP contribution in [0.3, 0.4) is 0 Å². The molecule has 3 aliphatic rings. The summed E-state index contributed by atoms with van der Waals surface area (Å²) in [4.78, 5) is 13.4. The lowest BCUT2D eigenvalue weighted by molar-refractivity contribution is -0.123. The van der Waals surface area contributed by atoms with Gasteiger partial charge in [-0.25, -0.2) is 0 Å². The number of likely N-dealkylation sites (N-methyl/N-ethyl adjacent to an activating group) is 1. The molecule has 0 radical (unpaired) electrons. The van der Waals surface area contributed by atoms with Crippen molar-refractivity contribution < 1.29 is 4.79 Å². The van der Waals surface area contributed by atoms with Gasteiger partial charge in [-0.1, -0.05) is 0 Å². The van der Waals surface area contributed by atoms with E-state index < -0.39 is 0 Å². The number of hydrogen-bond donors (Lipinski definition) is 0. The number of rotatable bonds is 0. The molecule has 62 valence electrons. The summed E-state index contributed by atoms with van der Waals surface area (Å²) in [6.07, 6.45) is 3.45. The molecule has 11 heavy (non-hydrogen) atoms. The third kappa shape index (κ3) is 1.45. The van der Waals surface area contributed by atoms with Crippen LogP contribution in [0.4, 0.5) is 0 Å². The number of Topliss-reactive ketones (excluding diaryl/α,β-unsaturated/α-hetero) is 1. The second-order valence-electron chi connectivity index (χ2n) is 4.14. The van der Waals surface area contributed by atoms with E-state index in [1.807, 2.05) is 0 Å². The van der Waals surface area contributed by atoms with Gasteiger partial charge in [0.1, 0.15) is 5.78 Å². The molecule has 2 bridgehead atoms. The number of carbonyl (C=O) groups excluding carboxylic acids is 1. The lowest BCUT2D eigenvalue weighted by atomic mass is 9.71. The molecule has 0 aromatic heterocycles. The van der Waals surface area contributed by atoms with Gasteiger partial charge in [-0.15, -0.1) is 0 Å². The Balaban J connectivity index is 1.98. The zero-order chi connectivity index (χ0) is 7.84. The molecule has 0 N–H and O–H groups in total. The molecule has 0 amide bonds. The van der Waals surface area contributed by atoms with Gasteiger partial charge in [-0.2, -0.15) is 0 Å². The predicted octanol–water partition coefficient (Wildman–Crippen LogP) is 0.917. The van der Waals surface area contributed by atoms with Crippen molar-refractivity contribution in [3.05, 3.63) is 0 Å². The fraction of sp³-hybridized carbons (Fsp3) is 0.889. The van der Waals surface area contributed by atoms with E-state index in [-0.39, 0.29) is 0 Å². The zero-order valence-corrected chi connectivity index (χ0v) is 7.05. The summed E-state index contributed by atoms with van der Waals surface area (Å²) < 4.78 is 0. The first-order chi connectivity index (χ1) is 5.24. The average Bonchev–Trinajstić information content (AvgIpc) is 1.77. The van der Waals surface area contributed by atoms with Crippen LogP contribution in [0.25, 0.3) is 0 Å². The van der Waals surface area contributed by atoms with Crippen LogP contribution in [0.15, 0.2) is 0 Å². The summed E-state index contributed by atoms with van der Waals surface area (Å²) in [5.74, 6) is 2.09. The standard InChI is InChI=1S/C9H15NO/c1-10-5-8-2-7(3-8)4-9(11)6-10/h7-8H,2-6H2,1H3. The smallest absolute Gasteiger partial charge is 0.147 e. The minimum absolute atomic E-state index is 0.440. The van der Waals surface area contributed by atoms with E-state index in [0.29, 0.717) is 12.3 Å². The van der Waals surface area contributed by atoms with Crippen LogP contribution in [0, 0.1) is 11.8 Å². The molecule has 1 aliphatic carbocycles. The molecule has 0 aromatic carbocycles. The molecule has 0 spiro atoms. The number of ketones is 1. The quantitative estimate of drug-likeness (QED) is 0.515. The topological polar surface area (TPSA) is 20.3 Å². The fourth-order valence-corrected chi connectivity index (χ4v) is 2.38. The average molecular weight is 153 g/mol. The lowest BCUT2D eigenvalue weighted by Gasteiger charge is -2.40. The van der Waals surface area contributed by atoms with Gasteiger partial charge in [0.15, 0.2) is 0 Å². The van der Waals surface area contributed by atoms with Crippen molar-refractivity contribution >= 4 is 5.78 Å². The summed E-state index contributed by atoms with van der Waals surface area (Å²) in [5, 5.41) is 0. The van der Waals surface area contributed by atoms with Gasteiger partial charge in [0.2, 0.25) is 0 Å². The van der Waals surface area contributed by atoms with Crippen molar-refractivity contribution in [2.24, 2.45) is 11.8 Å². The van der Waals surface area contributed by atoms with E-state index in [1.165, 1.54) is 12.8 Å². The summed E-state index contributed by atoms with van der Waals surface area (Å²) in [6.45, 7) is 1.83. The van der Waals surface area contributed by atoms with Gasteiger partial charge in [0.05, 0.1) is 6.54 Å². The molecular formula is C9H15NO. The molecule has 2 heterocycles. The second-order valence-corrected chi connectivity index (χ2v) is 4.14. The summed E-state index contributed by atoms with van der Waals surface area (Å²) in [5.41, 5.74) is 0. The Morgan fingerprint density at radius 1 is 1.36 bits per heavy atom. The van der Waals surface area contributed by atoms with Crippen molar-refractivity contribution in [1.82, 2.24) is 4.90 Å². The molecule has 3 fully saturated rings. The minimum Gasteiger partial charge on any atom is -0.299 e. The van der Waals surface area contributed by atoms with Crippen molar-refractivity contribution in [2.75, 3.05) is 20.1 Å². The Bertz CT molecular complexity index is 168. The van der Waals surface area contributed by atoms with Crippen LogP contribution in [-0.4, -0.2) is 30.8 Å². The maximum absolute atomic E-state index is 11.2. The summed E-state index contributed by atoms with van der Waals surface area (Å²) in [6, 6.07) is 0. The molecule has 2 nitrogen and oxygen atoms in total. The van der Waals surface area contributed by atoms with E-state index in [9.17, 15) is 4.79 Å². The van der Waals surface area contributed by atoms with Crippen molar-refractivity contribution in [3.63, 3.8) is 0 Å². The highest BCUT2D eigenvalue weighted by Crippen LogP contribution is 2.37. The van der Waals surface area contributed by atoms with Gasteiger partial charge in [-0.3, -0.25) is 9.69 Å². The number of fused-ring (bicyclic) bond motifs is 4. The SMILES string of the molecule is CN1CC(=O)CC2CC(C2)C1. The predicted molar refractivity (Wildman–Crippen MR) is 43.3 cm³/mol. The van der Waals surface area contributed by atoms with Crippen LogP contribution in [0.1, 0.15) is 19.3 Å². The van der Waals surface area contributed by atoms with Crippen molar-refractivity contribution in [1.29, 1.82) is 0 Å². The molecule has 0 aromatic rings. The Morgan fingerprint density at radius 2 is 2.09 bits per heavy atom. The zero-order valence-electron chi connectivity index (χ0n) is 7.05. The van der Waals surface area contributed by atoms with Gasteiger partial charge >= 0.3 is 0 Å². The van der Waals surface area contributed by atoms with Crippen LogP contribution in [0.5, 0.6) is 0 Å². The minimum atomic E-state index is 0.440. The second kappa shape index (κ2) is 2.59. The molecule has 2 heteroatoms. The van der Waals surface area contributed by atoms with Crippen molar-refractivity contribution in [3.8, 4) is 0 Å². The highest BCUT2D eigenvalue weighted by Gasteiger charge is 2.33. The Kier molecular flexibility index (Phi) is 1.72. The first-order valence-corrected chi connectivity index (χ1v) is 4.44. The first kappa shape index (κ1) is 7.29. The fourth-order valence-electron chi connectivity index (χ4n) is 2.38. The Morgan fingerprint density at radius 3 is 2.82 bits per heavy atom. The van der Waals surface area contributed by atoms with E-state index >= 15 is 0 Å². The summed E-state index contributed by atoms with van der Waals surface area (Å²) >= 11 is 0. The largest absolute Gasteiger partial charge is 0.299 e. The monoisotopic (exact) mass is 153 g/mol. The van der Waals surface area contributed by atoms with Crippen LogP contribution in [-0.2, 0) is 4.79 Å². The maximum Gasteiger partial charge on any atom is 0.147 e. The molecular weight excluding hydrogens is 138 g/mol.